The molecule has 0 amide bonds. The van der Waals surface area contributed by atoms with Gasteiger partial charge in [0.2, 0.25) is 0 Å². The molecule has 0 bridgehead atoms. The second-order valence-electron chi connectivity index (χ2n) is 6.34. The normalized spacial score (nSPS) is 10.9. The number of nitrogens with one attached hydrogen (secondary N) is 1. The van der Waals surface area contributed by atoms with Gasteiger partial charge in [-0.05, 0) is 29.3 Å². The number of hydrogen-bond donors (Lipinski definition) is 2. The molecule has 0 aliphatic heterocycles. The number of anilines is 1. The summed E-state index contributed by atoms with van der Waals surface area (Å²) in [7, 11) is 0. The molecule has 2 aromatic carbocycles. The summed E-state index contributed by atoms with van der Waals surface area (Å²) in [5.41, 5.74) is 9.66. The Bertz CT molecular complexity index is 1270. The van der Waals surface area contributed by atoms with Crippen molar-refractivity contribution in [3.8, 4) is 11.1 Å². The second kappa shape index (κ2) is 7.03. The summed E-state index contributed by atoms with van der Waals surface area (Å²) in [5, 5.41) is 7.30. The standard InChI is InChI=1S/C21H16FN5O/c22-17-7-13(14-1-3-15(9-23)18(24)8-14)2-4-16(17)12-27-20-5-6-25-10-19(20)26-11-21(27)28/h1-11,23H,12,24H2. The fourth-order valence-corrected chi connectivity index (χ4v) is 3.09. The van der Waals surface area contributed by atoms with Crippen LogP contribution in [0, 0.1) is 11.2 Å². The van der Waals surface area contributed by atoms with E-state index in [1.165, 1.54) is 23.0 Å². The van der Waals surface area contributed by atoms with Crippen LogP contribution >= 0.6 is 0 Å². The summed E-state index contributed by atoms with van der Waals surface area (Å²) in [6, 6.07) is 11.8. The number of nitrogens with zero attached hydrogens (tertiary/aromatic N) is 3. The minimum atomic E-state index is -0.418. The maximum atomic E-state index is 14.8. The number of rotatable bonds is 4. The lowest BCUT2D eigenvalue weighted by molar-refractivity contribution is 0.599. The maximum Gasteiger partial charge on any atom is 0.269 e. The van der Waals surface area contributed by atoms with Crippen molar-refractivity contribution in [2.45, 2.75) is 6.54 Å². The van der Waals surface area contributed by atoms with Gasteiger partial charge in [-0.3, -0.25) is 9.78 Å². The van der Waals surface area contributed by atoms with Crippen molar-refractivity contribution in [2.75, 3.05) is 5.73 Å². The number of nitrogen functional groups attached to an aromatic ring is 1. The fourth-order valence-electron chi connectivity index (χ4n) is 3.09. The van der Waals surface area contributed by atoms with E-state index < -0.39 is 5.82 Å². The molecule has 4 rings (SSSR count). The van der Waals surface area contributed by atoms with Gasteiger partial charge >= 0.3 is 0 Å². The molecule has 0 fully saturated rings. The van der Waals surface area contributed by atoms with Gasteiger partial charge in [0.15, 0.2) is 0 Å². The molecule has 2 heterocycles. The highest BCUT2D eigenvalue weighted by atomic mass is 19.1. The molecule has 138 valence electrons. The minimum absolute atomic E-state index is 0.0862. The molecule has 6 nitrogen and oxygen atoms in total. The van der Waals surface area contributed by atoms with Crippen molar-refractivity contribution in [3.63, 3.8) is 0 Å². The monoisotopic (exact) mass is 373 g/mol. The minimum Gasteiger partial charge on any atom is -0.398 e. The Hall–Kier alpha value is -3.87. The Kier molecular flexibility index (Phi) is 4.41. The Morgan fingerprint density at radius 2 is 1.89 bits per heavy atom. The number of halogens is 1. The molecule has 2 aromatic heterocycles. The van der Waals surface area contributed by atoms with Gasteiger partial charge in [-0.25, -0.2) is 9.37 Å². The molecule has 0 radical (unpaired) electrons. The number of aromatic nitrogens is 3. The number of hydrogen-bond acceptors (Lipinski definition) is 5. The lowest BCUT2D eigenvalue weighted by atomic mass is 10.0. The Labute approximate surface area is 159 Å². The number of nitrogens with two attached hydrogens (primary N) is 1. The van der Waals surface area contributed by atoms with Gasteiger partial charge in [0.1, 0.15) is 11.3 Å². The Balaban J connectivity index is 1.72. The van der Waals surface area contributed by atoms with Gasteiger partial charge in [-0.1, -0.05) is 24.3 Å². The van der Waals surface area contributed by atoms with Crippen molar-refractivity contribution in [3.05, 3.63) is 88.4 Å². The third kappa shape index (κ3) is 3.14. The molecule has 28 heavy (non-hydrogen) atoms. The van der Waals surface area contributed by atoms with E-state index in [0.29, 0.717) is 33.4 Å². The van der Waals surface area contributed by atoms with Crippen molar-refractivity contribution in [1.29, 1.82) is 5.41 Å². The van der Waals surface area contributed by atoms with E-state index in [2.05, 4.69) is 9.97 Å². The van der Waals surface area contributed by atoms with Crippen LogP contribution in [0.3, 0.4) is 0 Å². The first-order chi connectivity index (χ1) is 13.6. The summed E-state index contributed by atoms with van der Waals surface area (Å²) in [4.78, 5) is 20.3. The van der Waals surface area contributed by atoms with Crippen LogP contribution in [0.2, 0.25) is 0 Å². The van der Waals surface area contributed by atoms with Gasteiger partial charge in [0, 0.05) is 29.2 Å². The zero-order chi connectivity index (χ0) is 19.7. The fraction of sp³-hybridized carbons (Fsp3) is 0.0476. The topological polar surface area (TPSA) is 97.6 Å². The lowest BCUT2D eigenvalue weighted by Crippen LogP contribution is -2.21. The second-order valence-corrected chi connectivity index (χ2v) is 6.34. The van der Waals surface area contributed by atoms with Gasteiger partial charge in [-0.2, -0.15) is 0 Å². The first-order valence-electron chi connectivity index (χ1n) is 8.55. The first kappa shape index (κ1) is 17.5. The first-order valence-corrected chi connectivity index (χ1v) is 8.55. The van der Waals surface area contributed by atoms with Crippen LogP contribution in [0.5, 0.6) is 0 Å². The van der Waals surface area contributed by atoms with Crippen molar-refractivity contribution in [2.24, 2.45) is 0 Å². The van der Waals surface area contributed by atoms with Gasteiger partial charge in [0.25, 0.3) is 5.56 Å². The Morgan fingerprint density at radius 1 is 1.11 bits per heavy atom. The molecule has 0 aliphatic carbocycles. The smallest absolute Gasteiger partial charge is 0.269 e. The predicted octanol–water partition coefficient (Wildman–Crippen LogP) is 3.23. The van der Waals surface area contributed by atoms with Crippen molar-refractivity contribution in [1.82, 2.24) is 14.5 Å². The largest absolute Gasteiger partial charge is 0.398 e. The van der Waals surface area contributed by atoms with Gasteiger partial charge in [-0.15, -0.1) is 0 Å². The van der Waals surface area contributed by atoms with Crippen LogP contribution in [0.1, 0.15) is 11.1 Å². The molecular weight excluding hydrogens is 357 g/mol. The van der Waals surface area contributed by atoms with Crippen molar-refractivity contribution >= 4 is 22.9 Å². The van der Waals surface area contributed by atoms with Crippen LogP contribution in [0.15, 0.2) is 65.8 Å². The molecule has 3 N–H and O–H groups in total. The molecule has 0 saturated carbocycles. The average molecular weight is 373 g/mol. The van der Waals surface area contributed by atoms with Crippen LogP contribution in [-0.4, -0.2) is 20.7 Å². The van der Waals surface area contributed by atoms with E-state index in [-0.39, 0.29) is 12.1 Å². The van der Waals surface area contributed by atoms with Crippen LogP contribution < -0.4 is 11.3 Å². The van der Waals surface area contributed by atoms with Crippen LogP contribution in [0.4, 0.5) is 10.1 Å². The number of fused-ring (bicyclic) bond motifs is 1. The molecule has 0 atom stereocenters. The summed E-state index contributed by atoms with van der Waals surface area (Å²) >= 11 is 0. The van der Waals surface area contributed by atoms with Crippen molar-refractivity contribution < 1.29 is 4.39 Å². The molecule has 0 saturated heterocycles. The van der Waals surface area contributed by atoms with E-state index in [9.17, 15) is 9.18 Å². The van der Waals surface area contributed by atoms with E-state index in [1.807, 2.05) is 0 Å². The van der Waals surface area contributed by atoms with E-state index in [4.69, 9.17) is 11.1 Å². The zero-order valence-corrected chi connectivity index (χ0v) is 14.8. The Morgan fingerprint density at radius 3 is 2.64 bits per heavy atom. The third-order valence-electron chi connectivity index (χ3n) is 4.61. The van der Waals surface area contributed by atoms with E-state index in [1.54, 1.807) is 48.8 Å². The maximum absolute atomic E-state index is 14.8. The molecule has 0 unspecified atom stereocenters. The predicted molar refractivity (Wildman–Crippen MR) is 107 cm³/mol. The summed E-state index contributed by atoms with van der Waals surface area (Å²) in [6.45, 7) is 0.0862. The summed E-state index contributed by atoms with van der Waals surface area (Å²) in [5.74, 6) is -0.418. The molecule has 0 aliphatic rings. The lowest BCUT2D eigenvalue weighted by Gasteiger charge is -2.11. The number of benzene rings is 2. The number of pyridine rings is 1. The average Bonchev–Trinajstić information content (AvgIpc) is 2.71. The SMILES string of the molecule is N=Cc1ccc(-c2ccc(Cn3c(=O)cnc4cnccc43)c(F)c2)cc1N. The molecule has 4 aromatic rings. The summed E-state index contributed by atoms with van der Waals surface area (Å²) < 4.78 is 16.3. The highest BCUT2D eigenvalue weighted by Crippen LogP contribution is 2.25. The molecule has 7 heteroatoms. The van der Waals surface area contributed by atoms with Gasteiger partial charge < -0.3 is 15.7 Å². The zero-order valence-electron chi connectivity index (χ0n) is 14.8. The van der Waals surface area contributed by atoms with E-state index in [0.717, 1.165) is 5.56 Å². The highest BCUT2D eigenvalue weighted by molar-refractivity contribution is 5.87. The third-order valence-corrected chi connectivity index (χ3v) is 4.61. The van der Waals surface area contributed by atoms with E-state index >= 15 is 0 Å². The molecular formula is C21H16FN5O. The van der Waals surface area contributed by atoms with Crippen LogP contribution in [-0.2, 0) is 6.54 Å². The van der Waals surface area contributed by atoms with Gasteiger partial charge in [0.05, 0.1) is 24.5 Å². The van der Waals surface area contributed by atoms with Crippen LogP contribution in [0.25, 0.3) is 22.2 Å². The quantitative estimate of drug-likeness (QED) is 0.424. The highest BCUT2D eigenvalue weighted by Gasteiger charge is 2.10. The molecule has 0 spiro atoms. The summed E-state index contributed by atoms with van der Waals surface area (Å²) in [6.07, 6.45) is 5.52.